The first-order valence-corrected chi connectivity index (χ1v) is 7.35. The average Bonchev–Trinajstić information content (AvgIpc) is 2.26. The fraction of sp³-hybridized carbons (Fsp3) is 0.571. The van der Waals surface area contributed by atoms with Crippen LogP contribution in [-0.2, 0) is 0 Å². The molecular weight excluding hydrogens is 292 g/mol. The minimum absolute atomic E-state index is 0.0466. The van der Waals surface area contributed by atoms with E-state index in [1.165, 1.54) is 19.3 Å². The molecule has 100 valence electrons. The number of nitrogens with zero attached hydrogens (tertiary/aromatic N) is 1. The lowest BCUT2D eigenvalue weighted by Gasteiger charge is -2.39. The maximum Gasteiger partial charge on any atom is 0.0606 e. The van der Waals surface area contributed by atoms with Gasteiger partial charge in [-0.3, -0.25) is 0 Å². The van der Waals surface area contributed by atoms with Crippen LogP contribution >= 0.6 is 15.9 Å². The average molecular weight is 313 g/mol. The molecule has 0 aliphatic heterocycles. The molecule has 1 saturated carbocycles. The van der Waals surface area contributed by atoms with Crippen LogP contribution in [0.5, 0.6) is 0 Å². The molecule has 1 atom stereocenters. The Hall–Kier alpha value is -0.580. The Balaban J connectivity index is 2.23. The molecule has 4 heteroatoms. The lowest BCUT2D eigenvalue weighted by Crippen LogP contribution is -2.42. The van der Waals surface area contributed by atoms with Gasteiger partial charge in [-0.15, -0.1) is 0 Å². The molecule has 1 aliphatic carbocycles. The van der Waals surface area contributed by atoms with Crippen molar-refractivity contribution in [3.05, 3.63) is 28.2 Å². The van der Waals surface area contributed by atoms with Gasteiger partial charge in [-0.25, -0.2) is 0 Å². The molecule has 1 aromatic carbocycles. The minimum Gasteiger partial charge on any atom is -0.395 e. The predicted octanol–water partition coefficient (Wildman–Crippen LogP) is 2.82. The van der Waals surface area contributed by atoms with Gasteiger partial charge >= 0.3 is 0 Å². The van der Waals surface area contributed by atoms with E-state index >= 15 is 0 Å². The largest absolute Gasteiger partial charge is 0.395 e. The summed E-state index contributed by atoms with van der Waals surface area (Å²) in [5.41, 5.74) is 8.18. The number of hydrogen-bond donors (Lipinski definition) is 2. The van der Waals surface area contributed by atoms with Crippen molar-refractivity contribution >= 4 is 21.6 Å². The second-order valence-electron chi connectivity index (χ2n) is 5.00. The predicted molar refractivity (Wildman–Crippen MR) is 78.8 cm³/mol. The molecule has 1 unspecified atom stereocenters. The summed E-state index contributed by atoms with van der Waals surface area (Å²) in [6, 6.07) is 6.90. The van der Waals surface area contributed by atoms with Crippen molar-refractivity contribution in [1.82, 2.24) is 0 Å². The number of halogens is 1. The molecule has 0 bridgehead atoms. The second kappa shape index (κ2) is 6.04. The number of nitrogens with two attached hydrogens (primary N) is 1. The maximum absolute atomic E-state index is 9.22. The molecule has 1 fully saturated rings. The van der Waals surface area contributed by atoms with E-state index < -0.39 is 0 Å². The van der Waals surface area contributed by atoms with Crippen molar-refractivity contribution in [2.24, 2.45) is 5.73 Å². The molecule has 0 saturated heterocycles. The summed E-state index contributed by atoms with van der Waals surface area (Å²) in [6.45, 7) is 2.87. The van der Waals surface area contributed by atoms with Gasteiger partial charge in [-0.1, -0.05) is 6.07 Å². The Labute approximate surface area is 117 Å². The highest BCUT2D eigenvalue weighted by Gasteiger charge is 2.26. The summed E-state index contributed by atoms with van der Waals surface area (Å²) in [4.78, 5) is 2.30. The van der Waals surface area contributed by atoms with Gasteiger partial charge in [0.25, 0.3) is 0 Å². The van der Waals surface area contributed by atoms with Gasteiger partial charge in [0.1, 0.15) is 0 Å². The molecule has 18 heavy (non-hydrogen) atoms. The lowest BCUT2D eigenvalue weighted by molar-refractivity contribution is 0.283. The number of benzene rings is 1. The standard InChI is InChI=1S/C14H21BrN2O/c1-10(16)11-5-6-14(13(15)9-11)17(7-8-18)12-3-2-4-12/h5-6,9-10,12,18H,2-4,7-8,16H2,1H3. The smallest absolute Gasteiger partial charge is 0.0606 e. The minimum atomic E-state index is 0.0466. The van der Waals surface area contributed by atoms with Crippen molar-refractivity contribution in [3.63, 3.8) is 0 Å². The van der Waals surface area contributed by atoms with Gasteiger partial charge in [0.2, 0.25) is 0 Å². The Kier molecular flexibility index (Phi) is 4.65. The molecule has 0 aromatic heterocycles. The number of anilines is 1. The van der Waals surface area contributed by atoms with E-state index in [9.17, 15) is 5.11 Å². The van der Waals surface area contributed by atoms with E-state index in [1.807, 2.05) is 6.92 Å². The van der Waals surface area contributed by atoms with Gasteiger partial charge in [0, 0.05) is 23.1 Å². The second-order valence-corrected chi connectivity index (χ2v) is 5.86. The Morgan fingerprint density at radius 3 is 2.67 bits per heavy atom. The molecule has 0 amide bonds. The fourth-order valence-electron chi connectivity index (χ4n) is 2.35. The van der Waals surface area contributed by atoms with Gasteiger partial charge in [-0.05, 0) is 59.8 Å². The Morgan fingerprint density at radius 1 is 1.50 bits per heavy atom. The highest BCUT2D eigenvalue weighted by Crippen LogP contribution is 2.35. The van der Waals surface area contributed by atoms with Crippen LogP contribution in [0.2, 0.25) is 0 Å². The molecule has 3 nitrogen and oxygen atoms in total. The van der Waals surface area contributed by atoms with Crippen LogP contribution in [0, 0.1) is 0 Å². The quantitative estimate of drug-likeness (QED) is 0.879. The van der Waals surface area contributed by atoms with Crippen LogP contribution < -0.4 is 10.6 Å². The van der Waals surface area contributed by atoms with Gasteiger partial charge in [-0.2, -0.15) is 0 Å². The number of aliphatic hydroxyl groups excluding tert-OH is 1. The Bertz CT molecular complexity index is 405. The van der Waals surface area contributed by atoms with Crippen LogP contribution in [0.25, 0.3) is 0 Å². The number of hydrogen-bond acceptors (Lipinski definition) is 3. The molecular formula is C14H21BrN2O. The third kappa shape index (κ3) is 2.87. The monoisotopic (exact) mass is 312 g/mol. The van der Waals surface area contributed by atoms with E-state index in [4.69, 9.17) is 5.73 Å². The molecule has 3 N–H and O–H groups in total. The van der Waals surface area contributed by atoms with Gasteiger partial charge in [0.15, 0.2) is 0 Å². The summed E-state index contributed by atoms with van der Waals surface area (Å²) in [6.07, 6.45) is 3.74. The van der Waals surface area contributed by atoms with Crippen LogP contribution in [0.15, 0.2) is 22.7 Å². The first kappa shape index (κ1) is 13.8. The van der Waals surface area contributed by atoms with Crippen LogP contribution in [0.4, 0.5) is 5.69 Å². The SMILES string of the molecule is CC(N)c1ccc(N(CCO)C2CCC2)c(Br)c1. The summed E-state index contributed by atoms with van der Waals surface area (Å²) in [7, 11) is 0. The summed E-state index contributed by atoms with van der Waals surface area (Å²) in [5.74, 6) is 0. The van der Waals surface area contributed by atoms with Crippen molar-refractivity contribution in [3.8, 4) is 0 Å². The van der Waals surface area contributed by atoms with Gasteiger partial charge < -0.3 is 15.7 Å². The molecule has 1 aliphatic rings. The van der Waals surface area contributed by atoms with E-state index in [2.05, 4.69) is 39.0 Å². The third-order valence-corrected chi connectivity index (χ3v) is 4.30. The first-order chi connectivity index (χ1) is 8.63. The number of aliphatic hydroxyl groups is 1. The summed E-state index contributed by atoms with van der Waals surface area (Å²) >= 11 is 3.63. The zero-order valence-corrected chi connectivity index (χ0v) is 12.4. The zero-order valence-electron chi connectivity index (χ0n) is 10.8. The summed E-state index contributed by atoms with van der Waals surface area (Å²) in [5, 5.41) is 9.22. The topological polar surface area (TPSA) is 49.5 Å². The van der Waals surface area contributed by atoms with E-state index in [0.717, 1.165) is 15.7 Å². The molecule has 0 radical (unpaired) electrons. The number of rotatable bonds is 5. The van der Waals surface area contributed by atoms with Crippen molar-refractivity contribution in [2.75, 3.05) is 18.1 Å². The third-order valence-electron chi connectivity index (χ3n) is 3.66. The van der Waals surface area contributed by atoms with E-state index in [0.29, 0.717) is 12.6 Å². The Morgan fingerprint density at radius 2 is 2.22 bits per heavy atom. The van der Waals surface area contributed by atoms with Crippen LogP contribution in [-0.4, -0.2) is 24.3 Å². The van der Waals surface area contributed by atoms with E-state index in [1.54, 1.807) is 0 Å². The van der Waals surface area contributed by atoms with Crippen molar-refractivity contribution in [1.29, 1.82) is 0 Å². The maximum atomic E-state index is 9.22. The van der Waals surface area contributed by atoms with Crippen molar-refractivity contribution in [2.45, 2.75) is 38.3 Å². The fourth-order valence-corrected chi connectivity index (χ4v) is 2.97. The first-order valence-electron chi connectivity index (χ1n) is 6.56. The van der Waals surface area contributed by atoms with Crippen LogP contribution in [0.3, 0.4) is 0 Å². The zero-order chi connectivity index (χ0) is 13.1. The summed E-state index contributed by atoms with van der Waals surface area (Å²) < 4.78 is 1.07. The molecule has 0 heterocycles. The molecule has 0 spiro atoms. The highest BCUT2D eigenvalue weighted by molar-refractivity contribution is 9.10. The van der Waals surface area contributed by atoms with E-state index in [-0.39, 0.29) is 12.6 Å². The van der Waals surface area contributed by atoms with Crippen molar-refractivity contribution < 1.29 is 5.11 Å². The lowest BCUT2D eigenvalue weighted by atomic mass is 9.91. The van der Waals surface area contributed by atoms with Gasteiger partial charge in [0.05, 0.1) is 12.3 Å². The highest BCUT2D eigenvalue weighted by atomic mass is 79.9. The molecule has 1 aromatic rings. The normalized spacial score (nSPS) is 17.3. The molecule has 2 rings (SSSR count). The van der Waals surface area contributed by atoms with Crippen LogP contribution in [0.1, 0.15) is 37.8 Å².